The molecular weight excluding hydrogens is 74.1 g/mol. The van der Waals surface area contributed by atoms with Gasteiger partial charge in [0.05, 0.1) is 0 Å². The van der Waals surface area contributed by atoms with Crippen LogP contribution in [0.3, 0.4) is 0 Å². The van der Waals surface area contributed by atoms with E-state index in [1.54, 1.807) is 0 Å². The molecule has 0 saturated carbocycles. The lowest BCUT2D eigenvalue weighted by molar-refractivity contribution is 0.418. The molecule has 0 unspecified atom stereocenters. The normalized spacial score (nSPS) is 40.2. The van der Waals surface area contributed by atoms with Crippen LogP contribution in [0.25, 0.3) is 0 Å². The molecule has 0 aromatic rings. The SMILES string of the molecule is [2H][C@H]1CCCN1C. The summed E-state index contributed by atoms with van der Waals surface area (Å²) in [5.74, 6) is 0. The smallest absolute Gasteiger partial charge is 0.0430 e. The van der Waals surface area contributed by atoms with Crippen LogP contribution in [0.5, 0.6) is 0 Å². The van der Waals surface area contributed by atoms with Gasteiger partial charge in [0.1, 0.15) is 0 Å². The summed E-state index contributed by atoms with van der Waals surface area (Å²) in [6, 6.07) is 0. The van der Waals surface area contributed by atoms with Gasteiger partial charge in [0, 0.05) is 1.37 Å². The fourth-order valence-corrected chi connectivity index (χ4v) is 0.744. The van der Waals surface area contributed by atoms with E-state index in [2.05, 4.69) is 4.90 Å². The Hall–Kier alpha value is -0.0400. The third-order valence-electron chi connectivity index (χ3n) is 1.16. The number of likely N-dealkylation sites (tertiary alicyclic amines) is 1. The first-order chi connectivity index (χ1) is 3.30. The molecule has 1 heterocycles. The molecule has 1 rings (SSSR count). The minimum absolute atomic E-state index is 0.0972. The van der Waals surface area contributed by atoms with Gasteiger partial charge < -0.3 is 4.90 Å². The Morgan fingerprint density at radius 3 is 2.67 bits per heavy atom. The van der Waals surface area contributed by atoms with Gasteiger partial charge in [0.25, 0.3) is 0 Å². The lowest BCUT2D eigenvalue weighted by Crippen LogP contribution is -2.10. The first-order valence-corrected chi connectivity index (χ1v) is 2.43. The van der Waals surface area contributed by atoms with Crippen molar-refractivity contribution in [2.75, 3.05) is 20.1 Å². The third kappa shape index (κ3) is 0.716. The zero-order chi connectivity index (χ0) is 5.28. The Bertz CT molecular complexity index is 57.1. The molecule has 1 atom stereocenters. The summed E-state index contributed by atoms with van der Waals surface area (Å²) in [5, 5.41) is 0. The highest BCUT2D eigenvalue weighted by atomic mass is 15.1. The molecule has 0 N–H and O–H groups in total. The molecule has 36 valence electrons. The van der Waals surface area contributed by atoms with Gasteiger partial charge >= 0.3 is 0 Å². The van der Waals surface area contributed by atoms with Gasteiger partial charge in [-0.2, -0.15) is 0 Å². The molecule has 1 aliphatic heterocycles. The first kappa shape index (κ1) is 3.03. The third-order valence-corrected chi connectivity index (χ3v) is 1.16. The van der Waals surface area contributed by atoms with Crippen molar-refractivity contribution >= 4 is 0 Å². The Morgan fingerprint density at radius 1 is 1.67 bits per heavy atom. The molecule has 0 radical (unpaired) electrons. The van der Waals surface area contributed by atoms with Crippen LogP contribution in [0, 0.1) is 0 Å². The largest absolute Gasteiger partial charge is 0.306 e. The molecule has 0 aromatic carbocycles. The van der Waals surface area contributed by atoms with Gasteiger partial charge in [0.15, 0.2) is 0 Å². The van der Waals surface area contributed by atoms with Crippen LogP contribution in [0.1, 0.15) is 14.2 Å². The van der Waals surface area contributed by atoms with Crippen molar-refractivity contribution in [3.63, 3.8) is 0 Å². The summed E-state index contributed by atoms with van der Waals surface area (Å²) in [4.78, 5) is 2.07. The van der Waals surface area contributed by atoms with Crippen molar-refractivity contribution in [1.29, 1.82) is 0 Å². The first-order valence-electron chi connectivity index (χ1n) is 3.01. The second kappa shape index (κ2) is 1.61. The highest BCUT2D eigenvalue weighted by molar-refractivity contribution is 4.59. The molecule has 1 heteroatoms. The van der Waals surface area contributed by atoms with Crippen molar-refractivity contribution in [2.45, 2.75) is 12.8 Å². The van der Waals surface area contributed by atoms with Gasteiger partial charge in [-0.3, -0.25) is 0 Å². The molecule has 0 aliphatic carbocycles. The van der Waals surface area contributed by atoms with E-state index < -0.39 is 0 Å². The minimum Gasteiger partial charge on any atom is -0.306 e. The number of hydrogen-bond donors (Lipinski definition) is 0. The Balaban J connectivity index is 2.33. The van der Waals surface area contributed by atoms with Crippen LogP contribution >= 0.6 is 0 Å². The fourth-order valence-electron chi connectivity index (χ4n) is 0.744. The van der Waals surface area contributed by atoms with Crippen molar-refractivity contribution in [3.8, 4) is 0 Å². The summed E-state index contributed by atoms with van der Waals surface area (Å²) in [7, 11) is 2.00. The van der Waals surface area contributed by atoms with E-state index in [-0.39, 0.29) is 6.52 Å². The number of hydrogen-bond acceptors (Lipinski definition) is 1. The average molecular weight is 86.2 g/mol. The van der Waals surface area contributed by atoms with Gasteiger partial charge in [-0.1, -0.05) is 0 Å². The highest BCUT2D eigenvalue weighted by Crippen LogP contribution is 2.01. The van der Waals surface area contributed by atoms with E-state index in [1.807, 2.05) is 7.05 Å². The molecular formula is C5H11N. The summed E-state index contributed by atoms with van der Waals surface area (Å²) in [6.07, 6.45) is 2.28. The molecule has 0 spiro atoms. The fraction of sp³-hybridized carbons (Fsp3) is 1.00. The monoisotopic (exact) mass is 86.1 g/mol. The van der Waals surface area contributed by atoms with Crippen molar-refractivity contribution < 1.29 is 1.37 Å². The molecule has 1 saturated heterocycles. The second-order valence-electron chi connectivity index (χ2n) is 1.81. The standard InChI is InChI=1S/C5H11N/c1-6-4-2-3-5-6/h2-5H2,1H3/i4D/t4-/m0/s1. The summed E-state index contributed by atoms with van der Waals surface area (Å²) in [5.41, 5.74) is 0. The van der Waals surface area contributed by atoms with E-state index >= 15 is 0 Å². The molecule has 0 amide bonds. The van der Waals surface area contributed by atoms with Gasteiger partial charge in [-0.25, -0.2) is 0 Å². The van der Waals surface area contributed by atoms with Crippen molar-refractivity contribution in [1.82, 2.24) is 4.90 Å². The maximum Gasteiger partial charge on any atom is 0.0430 e. The zero-order valence-electron chi connectivity index (χ0n) is 5.15. The average Bonchev–Trinajstić information content (AvgIpc) is 1.91. The van der Waals surface area contributed by atoms with Crippen LogP contribution in [-0.4, -0.2) is 25.0 Å². The number of nitrogens with zero attached hydrogens (tertiary/aromatic N) is 1. The van der Waals surface area contributed by atoms with Gasteiger partial charge in [-0.15, -0.1) is 0 Å². The van der Waals surface area contributed by atoms with Crippen LogP contribution in [0.4, 0.5) is 0 Å². The predicted octanol–water partition coefficient (Wildman–Crippen LogP) is 0.712. The van der Waals surface area contributed by atoms with E-state index in [1.165, 1.54) is 6.42 Å². The van der Waals surface area contributed by atoms with Gasteiger partial charge in [0.2, 0.25) is 0 Å². The summed E-state index contributed by atoms with van der Waals surface area (Å²) >= 11 is 0. The maximum atomic E-state index is 7.26. The molecule has 1 nitrogen and oxygen atoms in total. The van der Waals surface area contributed by atoms with Crippen LogP contribution < -0.4 is 0 Å². The number of rotatable bonds is 0. The molecule has 1 aliphatic rings. The molecule has 6 heavy (non-hydrogen) atoms. The van der Waals surface area contributed by atoms with E-state index in [0.717, 1.165) is 13.0 Å². The lowest BCUT2D eigenvalue weighted by Gasteiger charge is -2.01. The molecule has 0 bridgehead atoms. The highest BCUT2D eigenvalue weighted by Gasteiger charge is 2.03. The van der Waals surface area contributed by atoms with E-state index in [4.69, 9.17) is 1.37 Å². The Kier molecular flexibility index (Phi) is 0.810. The second-order valence-corrected chi connectivity index (χ2v) is 1.81. The molecule has 1 fully saturated rings. The van der Waals surface area contributed by atoms with Crippen LogP contribution in [0.2, 0.25) is 0 Å². The molecule has 0 aromatic heterocycles. The van der Waals surface area contributed by atoms with Crippen molar-refractivity contribution in [3.05, 3.63) is 0 Å². The summed E-state index contributed by atoms with van der Waals surface area (Å²) < 4.78 is 7.26. The Labute approximate surface area is 40.4 Å². The van der Waals surface area contributed by atoms with Gasteiger partial charge in [-0.05, 0) is 33.0 Å². The minimum atomic E-state index is 0.0972. The Morgan fingerprint density at radius 2 is 2.50 bits per heavy atom. The topological polar surface area (TPSA) is 3.24 Å². The predicted molar refractivity (Wildman–Crippen MR) is 26.7 cm³/mol. The quantitative estimate of drug-likeness (QED) is 0.419. The van der Waals surface area contributed by atoms with Crippen molar-refractivity contribution in [2.24, 2.45) is 0 Å². The zero-order valence-corrected chi connectivity index (χ0v) is 4.15. The van der Waals surface area contributed by atoms with Crippen LogP contribution in [0.15, 0.2) is 0 Å². The maximum absolute atomic E-state index is 7.26. The van der Waals surface area contributed by atoms with Crippen LogP contribution in [-0.2, 0) is 0 Å². The van der Waals surface area contributed by atoms with E-state index in [0.29, 0.717) is 0 Å². The lowest BCUT2D eigenvalue weighted by atomic mass is 10.4. The summed E-state index contributed by atoms with van der Waals surface area (Å²) in [6.45, 7) is 1.22. The van der Waals surface area contributed by atoms with E-state index in [9.17, 15) is 0 Å².